The number of phosphoric acid groups is 1. The van der Waals surface area contributed by atoms with Crippen LogP contribution in [0.4, 0.5) is 0 Å². The van der Waals surface area contributed by atoms with Gasteiger partial charge >= 0.3 is 19.8 Å². The van der Waals surface area contributed by atoms with Gasteiger partial charge in [0.2, 0.25) is 0 Å². The van der Waals surface area contributed by atoms with Crippen LogP contribution < -0.4 is 0 Å². The fourth-order valence-corrected chi connectivity index (χ4v) is 9.81. The van der Waals surface area contributed by atoms with Gasteiger partial charge in [-0.2, -0.15) is 0 Å². The average molecular weight is 1270 g/mol. The minimum absolute atomic E-state index is 0.0204. The SMILES string of the molecule is CC/C=C\C/C=C\C/C=C\C/C=C\C/C=C\C/C=C\C/C=C\C/C=C\C/C=C\CCCCCCCCCCCCCC(=O)OC(COC(=O)CCCCCCCCCC/C=C\C/C=C\C/C=C\C/C=C\C/C=C\C/C=C\CC)COP(=O)(O)OCC[N+](C)(C)C. The third kappa shape index (κ3) is 72.2. The van der Waals surface area contributed by atoms with Gasteiger partial charge in [0.15, 0.2) is 6.10 Å². The number of rotatable bonds is 63. The molecule has 10 heteroatoms. The van der Waals surface area contributed by atoms with Crippen molar-refractivity contribution in [1.29, 1.82) is 0 Å². The Morgan fingerprint density at radius 3 is 0.889 bits per heavy atom. The molecule has 0 fully saturated rings. The molecule has 0 heterocycles. The molecule has 90 heavy (non-hydrogen) atoms. The molecule has 508 valence electrons. The number of nitrogens with zero attached hydrogens (tertiary/aromatic N) is 1. The highest BCUT2D eigenvalue weighted by Gasteiger charge is 2.27. The lowest BCUT2D eigenvalue weighted by Gasteiger charge is -2.24. The first-order valence-electron chi connectivity index (χ1n) is 35.5. The van der Waals surface area contributed by atoms with Crippen molar-refractivity contribution in [1.82, 2.24) is 0 Å². The smallest absolute Gasteiger partial charge is 0.462 e. The predicted molar refractivity (Wildman–Crippen MR) is 389 cm³/mol. The first-order chi connectivity index (χ1) is 44.0. The highest BCUT2D eigenvalue weighted by atomic mass is 31.2. The normalized spacial score (nSPS) is 14.2. The molecule has 1 N–H and O–H groups in total. The highest BCUT2D eigenvalue weighted by molar-refractivity contribution is 7.47. The number of hydrogen-bond acceptors (Lipinski definition) is 7. The summed E-state index contributed by atoms with van der Waals surface area (Å²) in [5.74, 6) is -0.820. The topological polar surface area (TPSA) is 108 Å². The molecule has 0 amide bonds. The Hall–Kier alpha value is -4.89. The van der Waals surface area contributed by atoms with Gasteiger partial charge in [-0.1, -0.05) is 292 Å². The zero-order valence-corrected chi connectivity index (χ0v) is 58.7. The number of likely N-dealkylation sites (N-methyl/N-ethyl adjacent to an activating group) is 1. The van der Waals surface area contributed by atoms with Crippen LogP contribution in [-0.2, 0) is 32.7 Å². The van der Waals surface area contributed by atoms with Crippen molar-refractivity contribution in [2.24, 2.45) is 0 Å². The highest BCUT2D eigenvalue weighted by Crippen LogP contribution is 2.43. The molecular weight excluding hydrogens is 1130 g/mol. The van der Waals surface area contributed by atoms with E-state index in [1.807, 2.05) is 21.1 Å². The molecule has 0 aromatic rings. The van der Waals surface area contributed by atoms with E-state index in [4.69, 9.17) is 18.5 Å². The fraction of sp³-hybridized carbons (Fsp3) is 0.600. The van der Waals surface area contributed by atoms with Gasteiger partial charge < -0.3 is 18.9 Å². The van der Waals surface area contributed by atoms with E-state index < -0.39 is 26.5 Å². The Morgan fingerprint density at radius 2 is 0.600 bits per heavy atom. The third-order valence-electron chi connectivity index (χ3n) is 14.4. The lowest BCUT2D eigenvalue weighted by Crippen LogP contribution is -2.37. The minimum Gasteiger partial charge on any atom is -0.462 e. The number of allylic oxidation sites excluding steroid dienone is 30. The van der Waals surface area contributed by atoms with Crippen LogP contribution in [0.5, 0.6) is 0 Å². The molecule has 0 aliphatic heterocycles. The molecule has 9 nitrogen and oxygen atoms in total. The molecule has 2 atom stereocenters. The van der Waals surface area contributed by atoms with Crippen LogP contribution in [0, 0.1) is 0 Å². The van der Waals surface area contributed by atoms with Crippen molar-refractivity contribution >= 4 is 19.8 Å². The number of carbonyl (C=O) groups is 2. The second-order valence-electron chi connectivity index (χ2n) is 24.2. The molecule has 0 saturated carbocycles. The molecule has 0 spiro atoms. The van der Waals surface area contributed by atoms with Gasteiger partial charge in [-0.25, -0.2) is 4.57 Å². The van der Waals surface area contributed by atoms with E-state index in [0.29, 0.717) is 17.4 Å². The third-order valence-corrected chi connectivity index (χ3v) is 15.4. The van der Waals surface area contributed by atoms with Crippen molar-refractivity contribution < 1.29 is 42.1 Å². The summed E-state index contributed by atoms with van der Waals surface area (Å²) in [7, 11) is 1.45. The summed E-state index contributed by atoms with van der Waals surface area (Å²) in [6, 6.07) is 0. The van der Waals surface area contributed by atoms with E-state index >= 15 is 0 Å². The first-order valence-corrected chi connectivity index (χ1v) is 37.0. The summed E-state index contributed by atoms with van der Waals surface area (Å²) in [6.45, 7) is 4.18. The summed E-state index contributed by atoms with van der Waals surface area (Å²) in [4.78, 5) is 35.9. The Kier molecular flexibility index (Phi) is 64.8. The van der Waals surface area contributed by atoms with Crippen molar-refractivity contribution in [3.8, 4) is 0 Å². The van der Waals surface area contributed by atoms with Gasteiger partial charge in [0.1, 0.15) is 19.8 Å². The minimum atomic E-state index is -4.41. The number of phosphoric ester groups is 1. The van der Waals surface area contributed by atoms with Gasteiger partial charge in [-0.3, -0.25) is 18.6 Å². The van der Waals surface area contributed by atoms with Crippen LogP contribution in [0.15, 0.2) is 182 Å². The standard InChI is InChI=1S/C80H130NO8P/c1-6-8-10-12-14-16-18-20-22-24-26-28-30-32-34-35-36-37-38-39-40-41-42-43-44-45-47-49-51-53-55-57-59-61-63-65-67-69-71-73-80(83)89-78(77-88-90(84,85)87-75-74-81(3,4)5)76-86-79(82)72-70-68-66-64-62-60-58-56-54-52-50-48-46-33-31-29-27-25-23-21-19-17-15-13-11-9-7-2/h8-11,14-17,20-23,26-29,32-34,36-37,39-40,42-43,45-47,50,52,78H,6-7,12-13,18-19,24-25,30-31,35,38,41,44,48-49,51,53-77H2,1-5H3/p+1/b10-8-,11-9-,16-14-,17-15-,22-20-,23-21-,28-26-,29-27-,34-32-,37-36-,40-39-,43-42-,46-33-,47-45-,52-50-. The molecule has 0 aromatic carbocycles. The van der Waals surface area contributed by atoms with Crippen LogP contribution in [0.25, 0.3) is 0 Å². The summed E-state index contributed by atoms with van der Waals surface area (Å²) < 4.78 is 34.7. The molecule has 0 rings (SSSR count). The van der Waals surface area contributed by atoms with Gasteiger partial charge in [-0.05, 0) is 135 Å². The van der Waals surface area contributed by atoms with Crippen molar-refractivity contribution in [3.63, 3.8) is 0 Å². The quantitative estimate of drug-likeness (QED) is 0.0211. The maximum Gasteiger partial charge on any atom is 0.472 e. The van der Waals surface area contributed by atoms with Crippen molar-refractivity contribution in [3.05, 3.63) is 182 Å². The zero-order valence-electron chi connectivity index (χ0n) is 57.8. The molecule has 0 aliphatic carbocycles. The Balaban J connectivity index is 4.13. The van der Waals surface area contributed by atoms with E-state index in [1.165, 1.54) is 70.6 Å². The Bertz CT molecular complexity index is 2170. The molecule has 0 saturated heterocycles. The van der Waals surface area contributed by atoms with Gasteiger partial charge in [-0.15, -0.1) is 0 Å². The van der Waals surface area contributed by atoms with Crippen LogP contribution in [0.1, 0.15) is 258 Å². The van der Waals surface area contributed by atoms with Crippen molar-refractivity contribution in [2.45, 2.75) is 264 Å². The number of quaternary nitrogens is 1. The molecule has 0 aromatic heterocycles. The fourth-order valence-electron chi connectivity index (χ4n) is 9.07. The van der Waals surface area contributed by atoms with E-state index in [2.05, 4.69) is 196 Å². The van der Waals surface area contributed by atoms with E-state index in [1.54, 1.807) is 0 Å². The summed E-state index contributed by atoms with van der Waals surface area (Å²) >= 11 is 0. The van der Waals surface area contributed by atoms with Crippen LogP contribution in [0.2, 0.25) is 0 Å². The first kappa shape index (κ1) is 85.1. The Labute approximate surface area is 552 Å². The number of carbonyl (C=O) groups excluding carboxylic acids is 2. The second kappa shape index (κ2) is 68.5. The summed E-state index contributed by atoms with van der Waals surface area (Å²) in [5, 5.41) is 0. The number of ether oxygens (including phenoxy) is 2. The van der Waals surface area contributed by atoms with Crippen LogP contribution in [-0.4, -0.2) is 74.9 Å². The van der Waals surface area contributed by atoms with E-state index in [9.17, 15) is 19.0 Å². The lowest BCUT2D eigenvalue weighted by molar-refractivity contribution is -0.870. The number of unbranched alkanes of at least 4 members (excludes halogenated alkanes) is 19. The lowest BCUT2D eigenvalue weighted by atomic mass is 10.0. The van der Waals surface area contributed by atoms with Gasteiger partial charge in [0.25, 0.3) is 0 Å². The molecule has 2 unspecified atom stereocenters. The van der Waals surface area contributed by atoms with Crippen LogP contribution in [0.3, 0.4) is 0 Å². The van der Waals surface area contributed by atoms with E-state index in [-0.39, 0.29) is 32.0 Å². The molecular formula is C80H131NO8P+. The summed E-state index contributed by atoms with van der Waals surface area (Å²) in [5.41, 5.74) is 0. The Morgan fingerprint density at radius 1 is 0.344 bits per heavy atom. The monoisotopic (exact) mass is 1260 g/mol. The molecule has 0 bridgehead atoms. The molecule has 0 radical (unpaired) electrons. The maximum absolute atomic E-state index is 12.9. The van der Waals surface area contributed by atoms with E-state index in [0.717, 1.165) is 154 Å². The van der Waals surface area contributed by atoms with Crippen molar-refractivity contribution in [2.75, 3.05) is 47.5 Å². The van der Waals surface area contributed by atoms with Crippen LogP contribution >= 0.6 is 7.82 Å². The zero-order chi connectivity index (χ0) is 65.5. The van der Waals surface area contributed by atoms with Gasteiger partial charge in [0, 0.05) is 12.8 Å². The number of hydrogen-bond donors (Lipinski definition) is 1. The second-order valence-corrected chi connectivity index (χ2v) is 25.6. The molecule has 0 aliphatic rings. The predicted octanol–water partition coefficient (Wildman–Crippen LogP) is 23.5. The average Bonchev–Trinajstić information content (AvgIpc) is 3.58. The largest absolute Gasteiger partial charge is 0.472 e. The number of esters is 2. The maximum atomic E-state index is 12.9. The van der Waals surface area contributed by atoms with Gasteiger partial charge in [0.05, 0.1) is 27.7 Å². The summed E-state index contributed by atoms with van der Waals surface area (Å²) in [6.07, 6.45) is 106.